The van der Waals surface area contributed by atoms with Crippen molar-refractivity contribution in [1.29, 1.82) is 0 Å². The maximum Gasteiger partial charge on any atom is 0.327 e. The number of rotatable bonds is 5. The van der Waals surface area contributed by atoms with Gasteiger partial charge in [-0.05, 0) is 11.6 Å². The maximum atomic E-state index is 12.4. The van der Waals surface area contributed by atoms with Crippen LogP contribution in [0.5, 0.6) is 0 Å². The van der Waals surface area contributed by atoms with E-state index in [4.69, 9.17) is 18.0 Å². The molecule has 1 aromatic carbocycles. The van der Waals surface area contributed by atoms with Gasteiger partial charge in [0.25, 0.3) is 5.91 Å². The number of carboxylic acid groups (broad SMARTS) is 1. The molecule has 0 spiro atoms. The van der Waals surface area contributed by atoms with Gasteiger partial charge in [-0.3, -0.25) is 14.5 Å². The molecular formula is C14H12N2O4S2. The highest BCUT2D eigenvalue weighted by Gasteiger charge is 2.41. The van der Waals surface area contributed by atoms with Crippen molar-refractivity contribution >= 4 is 52.2 Å². The topological polar surface area (TPSA) is 101 Å². The number of thioether (sulfide) groups is 1. The Hall–Kier alpha value is -2.19. The average molecular weight is 336 g/mol. The molecule has 8 heteroatoms. The fraction of sp³-hybridized carbons (Fsp3) is 0.143. The summed E-state index contributed by atoms with van der Waals surface area (Å²) in [5, 5.41) is 9.20. The van der Waals surface area contributed by atoms with Crippen LogP contribution in [0.1, 0.15) is 12.0 Å². The average Bonchev–Trinajstić information content (AvgIpc) is 2.72. The number of hydrogen-bond acceptors (Lipinski definition) is 5. The summed E-state index contributed by atoms with van der Waals surface area (Å²) >= 11 is 6.07. The van der Waals surface area contributed by atoms with Gasteiger partial charge in [-0.2, -0.15) is 0 Å². The fourth-order valence-corrected chi connectivity index (χ4v) is 3.29. The molecule has 1 heterocycles. The van der Waals surface area contributed by atoms with Gasteiger partial charge < -0.3 is 10.8 Å². The van der Waals surface area contributed by atoms with Gasteiger partial charge in [-0.15, -0.1) is 0 Å². The zero-order valence-corrected chi connectivity index (χ0v) is 12.9. The largest absolute Gasteiger partial charge is 0.480 e. The third-order valence-corrected chi connectivity index (χ3v) is 4.24. The van der Waals surface area contributed by atoms with Crippen LogP contribution in [-0.2, 0) is 14.4 Å². The van der Waals surface area contributed by atoms with Crippen molar-refractivity contribution in [2.45, 2.75) is 12.5 Å². The molecule has 0 aliphatic carbocycles. The van der Waals surface area contributed by atoms with Crippen LogP contribution in [0.4, 0.5) is 0 Å². The van der Waals surface area contributed by atoms with Crippen LogP contribution < -0.4 is 5.73 Å². The van der Waals surface area contributed by atoms with Crippen molar-refractivity contribution in [1.82, 2.24) is 4.90 Å². The van der Waals surface area contributed by atoms with Crippen molar-refractivity contribution in [3.05, 3.63) is 40.8 Å². The Bertz CT molecular complexity index is 673. The van der Waals surface area contributed by atoms with Crippen LogP contribution in [0.3, 0.4) is 0 Å². The van der Waals surface area contributed by atoms with Gasteiger partial charge in [0.05, 0.1) is 11.3 Å². The fourth-order valence-electron chi connectivity index (χ4n) is 1.93. The van der Waals surface area contributed by atoms with Crippen LogP contribution in [0, 0.1) is 0 Å². The lowest BCUT2D eigenvalue weighted by molar-refractivity contribution is -0.146. The molecule has 0 aromatic heterocycles. The number of carboxylic acids is 1. The van der Waals surface area contributed by atoms with E-state index < -0.39 is 30.2 Å². The summed E-state index contributed by atoms with van der Waals surface area (Å²) in [6.45, 7) is 0. The molecule has 1 aliphatic rings. The number of benzene rings is 1. The molecule has 2 amide bonds. The van der Waals surface area contributed by atoms with E-state index in [0.717, 1.165) is 22.2 Å². The monoisotopic (exact) mass is 336 g/mol. The quantitative estimate of drug-likeness (QED) is 0.619. The van der Waals surface area contributed by atoms with E-state index in [9.17, 15) is 19.5 Å². The molecule has 0 radical (unpaired) electrons. The number of primary amides is 1. The predicted molar refractivity (Wildman–Crippen MR) is 86.7 cm³/mol. The first-order valence-electron chi connectivity index (χ1n) is 6.23. The van der Waals surface area contributed by atoms with E-state index in [1.54, 1.807) is 6.08 Å². The highest BCUT2D eigenvalue weighted by atomic mass is 32.2. The second-order valence-electron chi connectivity index (χ2n) is 4.49. The van der Waals surface area contributed by atoms with E-state index in [-0.39, 0.29) is 4.32 Å². The molecule has 1 fully saturated rings. The summed E-state index contributed by atoms with van der Waals surface area (Å²) in [4.78, 5) is 35.9. The number of thiocarbonyl (C=S) groups is 1. The van der Waals surface area contributed by atoms with Crippen LogP contribution >= 0.6 is 24.0 Å². The second-order valence-corrected chi connectivity index (χ2v) is 6.16. The molecule has 0 bridgehead atoms. The molecule has 3 N–H and O–H groups in total. The number of carbonyl (C=O) groups excluding carboxylic acids is 2. The zero-order chi connectivity index (χ0) is 16.3. The SMILES string of the molecule is NC(=O)C[C@@H](C(=O)O)N1C(=O)/C(=C/c2ccccc2)SC1=S. The number of nitrogens with two attached hydrogens (primary N) is 1. The molecule has 114 valence electrons. The van der Waals surface area contributed by atoms with Crippen molar-refractivity contribution < 1.29 is 19.5 Å². The molecule has 1 aromatic rings. The molecule has 0 unspecified atom stereocenters. The van der Waals surface area contributed by atoms with Crippen LogP contribution in [0.2, 0.25) is 0 Å². The van der Waals surface area contributed by atoms with Crippen LogP contribution in [-0.4, -0.2) is 38.2 Å². The molecule has 1 atom stereocenters. The Morgan fingerprint density at radius 3 is 2.55 bits per heavy atom. The zero-order valence-electron chi connectivity index (χ0n) is 11.3. The molecule has 1 aliphatic heterocycles. The summed E-state index contributed by atoms with van der Waals surface area (Å²) in [7, 11) is 0. The van der Waals surface area contributed by atoms with Gasteiger partial charge in [0.15, 0.2) is 0 Å². The van der Waals surface area contributed by atoms with E-state index in [0.29, 0.717) is 4.91 Å². The Balaban J connectivity index is 2.30. The third-order valence-electron chi connectivity index (χ3n) is 2.91. The van der Waals surface area contributed by atoms with E-state index in [1.807, 2.05) is 30.3 Å². The summed E-state index contributed by atoms with van der Waals surface area (Å²) < 4.78 is 0.0980. The summed E-state index contributed by atoms with van der Waals surface area (Å²) in [6, 6.07) is 7.72. The highest BCUT2D eigenvalue weighted by molar-refractivity contribution is 8.26. The highest BCUT2D eigenvalue weighted by Crippen LogP contribution is 2.34. The Morgan fingerprint density at radius 2 is 2.00 bits per heavy atom. The van der Waals surface area contributed by atoms with Crippen molar-refractivity contribution in [3.8, 4) is 0 Å². The maximum absolute atomic E-state index is 12.4. The number of hydrogen-bond donors (Lipinski definition) is 2. The van der Waals surface area contributed by atoms with Crippen LogP contribution in [0.15, 0.2) is 35.2 Å². The minimum atomic E-state index is -1.38. The minimum absolute atomic E-state index is 0.0980. The molecule has 0 saturated carbocycles. The molecule has 1 saturated heterocycles. The first-order chi connectivity index (χ1) is 10.4. The Morgan fingerprint density at radius 1 is 1.36 bits per heavy atom. The lowest BCUT2D eigenvalue weighted by atomic mass is 10.1. The molecule has 2 rings (SSSR count). The first kappa shape index (κ1) is 16.2. The number of carbonyl (C=O) groups is 3. The van der Waals surface area contributed by atoms with Gasteiger partial charge in [-0.1, -0.05) is 54.3 Å². The van der Waals surface area contributed by atoms with Crippen molar-refractivity contribution in [2.75, 3.05) is 0 Å². The van der Waals surface area contributed by atoms with Gasteiger partial charge >= 0.3 is 5.97 Å². The Kier molecular flexibility index (Phi) is 4.94. The van der Waals surface area contributed by atoms with Gasteiger partial charge in [0.2, 0.25) is 5.91 Å². The normalized spacial score (nSPS) is 17.8. The van der Waals surface area contributed by atoms with Crippen LogP contribution in [0.25, 0.3) is 6.08 Å². The second kappa shape index (κ2) is 6.71. The third kappa shape index (κ3) is 3.52. The van der Waals surface area contributed by atoms with Gasteiger partial charge in [-0.25, -0.2) is 4.79 Å². The number of nitrogens with zero attached hydrogens (tertiary/aromatic N) is 1. The number of aliphatic carboxylic acids is 1. The summed E-state index contributed by atoms with van der Waals surface area (Å²) in [6.07, 6.45) is 1.14. The lowest BCUT2D eigenvalue weighted by Crippen LogP contribution is -2.46. The first-order valence-corrected chi connectivity index (χ1v) is 7.46. The summed E-state index contributed by atoms with van der Waals surface area (Å²) in [5.74, 6) is -2.67. The van der Waals surface area contributed by atoms with Crippen molar-refractivity contribution in [3.63, 3.8) is 0 Å². The van der Waals surface area contributed by atoms with E-state index in [1.165, 1.54) is 0 Å². The number of amides is 2. The van der Waals surface area contributed by atoms with E-state index in [2.05, 4.69) is 0 Å². The Labute approximate surface area is 136 Å². The predicted octanol–water partition coefficient (Wildman–Crippen LogP) is 1.22. The van der Waals surface area contributed by atoms with Gasteiger partial charge in [0.1, 0.15) is 10.4 Å². The van der Waals surface area contributed by atoms with Crippen molar-refractivity contribution in [2.24, 2.45) is 5.73 Å². The molecule has 6 nitrogen and oxygen atoms in total. The minimum Gasteiger partial charge on any atom is -0.480 e. The lowest BCUT2D eigenvalue weighted by Gasteiger charge is -2.21. The standard InChI is InChI=1S/C14H12N2O4S2/c15-11(17)7-9(13(19)20)16-12(18)10(22-14(16)21)6-8-4-2-1-3-5-8/h1-6,9H,7H2,(H2,15,17)(H,19,20)/b10-6-/t9-/m0/s1. The smallest absolute Gasteiger partial charge is 0.327 e. The summed E-state index contributed by atoms with van der Waals surface area (Å²) in [5.41, 5.74) is 5.84. The van der Waals surface area contributed by atoms with E-state index >= 15 is 0 Å². The molecular weight excluding hydrogens is 324 g/mol. The van der Waals surface area contributed by atoms with Gasteiger partial charge in [0, 0.05) is 0 Å². The molecule has 22 heavy (non-hydrogen) atoms.